The van der Waals surface area contributed by atoms with Crippen LogP contribution in [-0.2, 0) is 51.3 Å². The summed E-state index contributed by atoms with van der Waals surface area (Å²) in [4.78, 5) is 51.7. The lowest BCUT2D eigenvalue weighted by Crippen LogP contribution is -2.48. The van der Waals surface area contributed by atoms with Crippen molar-refractivity contribution >= 4 is 35.2 Å². The molecule has 0 bridgehead atoms. The number of anilines is 3. The van der Waals surface area contributed by atoms with Crippen molar-refractivity contribution in [1.82, 2.24) is 29.4 Å². The molecule has 8 aromatic carbocycles. The minimum absolute atomic E-state index is 0.0455. The summed E-state index contributed by atoms with van der Waals surface area (Å²) in [5, 5.41) is 16.8. The highest BCUT2D eigenvalue weighted by molar-refractivity contribution is 5.91. The van der Waals surface area contributed by atoms with E-state index in [0.29, 0.717) is 69.6 Å². The minimum atomic E-state index is -4.73. The smallest absolute Gasteiger partial charge is 0.416 e. The summed E-state index contributed by atoms with van der Waals surface area (Å²) in [7, 11) is 1.63. The molecule has 0 radical (unpaired) electrons. The standard InChI is InChI=1S/C28H26F4N4O.C28H29F4N3O2.C23H28F3N3O/c29-24-14-23(28(30,31)32)15-25(16-24)34-27(37)36(19-20-5-2-1-3-6-20)26-9-11-35(12-10-26)18-22-8-4-7-21(13-22)17-33;1-37-26-9-5-8-21(14-26)18-34-12-10-25(11-13-34)35(19-20-6-3-2-4-7-20)27(36)33-24-16-22(28(30,31)32)15-23(29)17-24;1-2-13-28-14-11-21(12-15-28)29(17-18-7-4-3-5-8-18)22(30)27-20-10-6-9-19(16-20)23(24,25)26/h1-8,13-16,26H,9-12,18-19H2,(H,34,37);2-9,14-17,25H,10-13,18-19H2,1H3,(H,33,36);3-10,16,21H,2,11-15,17H2,1H3,(H,27,30). The van der Waals surface area contributed by atoms with Crippen LogP contribution in [-0.4, -0.2) is 119 Å². The number of carbonyl (C=O) groups is 3. The summed E-state index contributed by atoms with van der Waals surface area (Å²) in [5.41, 5.74) is 2.11. The summed E-state index contributed by atoms with van der Waals surface area (Å²) in [6.45, 7) is 10.3. The molecule has 8 aromatic rings. The van der Waals surface area contributed by atoms with Crippen LogP contribution in [0.5, 0.6) is 5.75 Å². The Morgan fingerprint density at radius 3 is 1.17 bits per heavy atom. The Labute approximate surface area is 598 Å². The predicted molar refractivity (Wildman–Crippen MR) is 378 cm³/mol. The van der Waals surface area contributed by atoms with Gasteiger partial charge < -0.3 is 40.3 Å². The average molecular weight is 1450 g/mol. The van der Waals surface area contributed by atoms with Crippen LogP contribution in [0.3, 0.4) is 0 Å². The number of urea groups is 3. The Bertz CT molecular complexity index is 4100. The first-order valence-corrected chi connectivity index (χ1v) is 34.4. The molecule has 3 aliphatic rings. The van der Waals surface area contributed by atoms with Crippen molar-refractivity contribution in [3.63, 3.8) is 0 Å². The van der Waals surface area contributed by atoms with E-state index in [2.05, 4.69) is 43.6 Å². The molecule has 0 unspecified atom stereocenters. The normalized spacial score (nSPS) is 15.0. The first-order valence-electron chi connectivity index (χ1n) is 34.4. The van der Waals surface area contributed by atoms with Crippen LogP contribution >= 0.6 is 0 Å². The van der Waals surface area contributed by atoms with Gasteiger partial charge in [-0.25, -0.2) is 23.2 Å². The third-order valence-electron chi connectivity index (χ3n) is 18.3. The van der Waals surface area contributed by atoms with E-state index in [-0.39, 0.29) is 54.3 Å². The Balaban J connectivity index is 0.000000182. The van der Waals surface area contributed by atoms with Gasteiger partial charge in [-0.3, -0.25) is 9.80 Å². The zero-order valence-corrected chi connectivity index (χ0v) is 57.6. The van der Waals surface area contributed by atoms with E-state index in [1.807, 2.05) is 133 Å². The molecule has 550 valence electrons. The topological polar surface area (TPSA) is 140 Å². The second-order valence-electron chi connectivity index (χ2n) is 25.9. The largest absolute Gasteiger partial charge is 0.497 e. The van der Waals surface area contributed by atoms with E-state index in [1.165, 1.54) is 12.1 Å². The number of carbonyl (C=O) groups excluding carboxylic acids is 3. The van der Waals surface area contributed by atoms with E-state index >= 15 is 0 Å². The molecule has 3 N–H and O–H groups in total. The molecular formula is C79H83F11N10O4. The maximum Gasteiger partial charge on any atom is 0.416 e. The van der Waals surface area contributed by atoms with Crippen LogP contribution in [0.15, 0.2) is 200 Å². The highest BCUT2D eigenvalue weighted by Gasteiger charge is 2.36. The number of benzene rings is 8. The zero-order chi connectivity index (χ0) is 74.4. The van der Waals surface area contributed by atoms with Gasteiger partial charge in [0.25, 0.3) is 0 Å². The number of hydrogen-bond acceptors (Lipinski definition) is 8. The Morgan fingerprint density at radius 1 is 0.433 bits per heavy atom. The second kappa shape index (κ2) is 36.9. The number of nitrogens with one attached hydrogen (secondary N) is 3. The Morgan fingerprint density at radius 2 is 0.788 bits per heavy atom. The first kappa shape index (κ1) is 78.1. The fourth-order valence-corrected chi connectivity index (χ4v) is 13.0. The van der Waals surface area contributed by atoms with E-state index in [1.54, 1.807) is 27.9 Å². The third-order valence-corrected chi connectivity index (χ3v) is 18.3. The lowest BCUT2D eigenvalue weighted by Gasteiger charge is -2.38. The summed E-state index contributed by atoms with van der Waals surface area (Å²) < 4.78 is 151. The van der Waals surface area contributed by atoms with Gasteiger partial charge >= 0.3 is 36.6 Å². The van der Waals surface area contributed by atoms with E-state index < -0.39 is 58.9 Å². The second-order valence-corrected chi connectivity index (χ2v) is 25.9. The van der Waals surface area contributed by atoms with Crippen LogP contribution in [0.1, 0.15) is 102 Å². The molecule has 104 heavy (non-hydrogen) atoms. The van der Waals surface area contributed by atoms with Gasteiger partial charge in [0.2, 0.25) is 0 Å². The van der Waals surface area contributed by atoms with Gasteiger partial charge in [0.15, 0.2) is 0 Å². The molecule has 6 amide bonds. The number of likely N-dealkylation sites (tertiary alicyclic amines) is 3. The molecule has 3 heterocycles. The molecular weight excluding hydrogens is 1360 g/mol. The van der Waals surface area contributed by atoms with E-state index in [4.69, 9.17) is 10.00 Å². The number of nitriles is 1. The maximum absolute atomic E-state index is 13.9. The van der Waals surface area contributed by atoms with Crippen molar-refractivity contribution in [2.75, 3.05) is 68.9 Å². The zero-order valence-electron chi connectivity index (χ0n) is 57.6. The van der Waals surface area contributed by atoms with Crippen molar-refractivity contribution in [2.45, 2.75) is 121 Å². The van der Waals surface area contributed by atoms with Gasteiger partial charge in [0.05, 0.1) is 35.4 Å². The van der Waals surface area contributed by atoms with Crippen molar-refractivity contribution in [3.8, 4) is 11.8 Å². The number of amides is 6. The fraction of sp³-hybridized carbons (Fsp3) is 0.342. The molecule has 3 saturated heterocycles. The predicted octanol–water partition coefficient (Wildman–Crippen LogP) is 18.6. The number of alkyl halides is 9. The molecule has 25 heteroatoms. The monoisotopic (exact) mass is 1440 g/mol. The third kappa shape index (κ3) is 23.8. The van der Waals surface area contributed by atoms with Gasteiger partial charge in [-0.1, -0.05) is 128 Å². The van der Waals surface area contributed by atoms with E-state index in [0.717, 1.165) is 128 Å². The number of methoxy groups -OCH3 is 1. The van der Waals surface area contributed by atoms with Crippen LogP contribution in [0.25, 0.3) is 0 Å². The molecule has 0 saturated carbocycles. The summed E-state index contributed by atoms with van der Waals surface area (Å²) in [5.74, 6) is -1.34. The van der Waals surface area contributed by atoms with Gasteiger partial charge in [-0.05, 0) is 158 Å². The lowest BCUT2D eigenvalue weighted by molar-refractivity contribution is -0.138. The molecule has 0 atom stereocenters. The first-order chi connectivity index (χ1) is 49.8. The lowest BCUT2D eigenvalue weighted by atomic mass is 10.0. The number of nitrogens with zero attached hydrogens (tertiary/aromatic N) is 7. The van der Waals surface area contributed by atoms with Crippen molar-refractivity contribution < 1.29 is 67.4 Å². The highest BCUT2D eigenvalue weighted by atomic mass is 19.4. The van der Waals surface area contributed by atoms with Crippen molar-refractivity contribution in [3.05, 3.63) is 262 Å². The van der Waals surface area contributed by atoms with Crippen molar-refractivity contribution in [1.29, 1.82) is 5.26 Å². The minimum Gasteiger partial charge on any atom is -0.497 e. The number of halogens is 11. The Kier molecular flexibility index (Phi) is 27.7. The average Bonchev–Trinajstić information content (AvgIpc) is 0.795. The number of ether oxygens (including phenoxy) is 1. The molecule has 3 fully saturated rings. The van der Waals surface area contributed by atoms with Gasteiger partial charge in [0.1, 0.15) is 17.4 Å². The fourth-order valence-electron chi connectivity index (χ4n) is 13.0. The quantitative estimate of drug-likeness (QED) is 0.0680. The molecule has 11 rings (SSSR count). The SMILES string of the molecule is CCCN1CCC(N(Cc2ccccc2)C(=O)Nc2cccc(C(F)(F)F)c2)CC1.COc1cccc(CN2CCC(N(Cc3ccccc3)C(=O)Nc3cc(F)cc(C(F)(F)F)c3)CC2)c1.N#Cc1cccc(CN2CCC(N(Cc3ccccc3)C(=O)Nc3cc(F)cc(C(F)(F)F)c3)CC2)c1. The Hall–Kier alpha value is -10.0. The van der Waals surface area contributed by atoms with Gasteiger partial charge in [0, 0.05) is 107 Å². The summed E-state index contributed by atoms with van der Waals surface area (Å²) in [6.07, 6.45) is -8.39. The van der Waals surface area contributed by atoms with E-state index in [9.17, 15) is 62.7 Å². The van der Waals surface area contributed by atoms with Crippen LogP contribution in [0, 0.1) is 23.0 Å². The van der Waals surface area contributed by atoms with Crippen molar-refractivity contribution in [2.24, 2.45) is 0 Å². The van der Waals surface area contributed by atoms with Crippen LogP contribution in [0.2, 0.25) is 0 Å². The number of hydrogen-bond donors (Lipinski definition) is 3. The highest BCUT2D eigenvalue weighted by Crippen LogP contribution is 2.36. The molecule has 3 aliphatic heterocycles. The van der Waals surface area contributed by atoms with Crippen LogP contribution in [0.4, 0.5) is 79.7 Å². The number of rotatable bonds is 19. The summed E-state index contributed by atoms with van der Waals surface area (Å²) >= 11 is 0. The van der Waals surface area contributed by atoms with Gasteiger partial charge in [-0.2, -0.15) is 44.8 Å². The number of piperidine rings is 3. The van der Waals surface area contributed by atoms with Gasteiger partial charge in [-0.15, -0.1) is 0 Å². The van der Waals surface area contributed by atoms with Crippen LogP contribution < -0.4 is 20.7 Å². The molecule has 14 nitrogen and oxygen atoms in total. The molecule has 0 spiro atoms. The molecule has 0 aromatic heterocycles. The maximum atomic E-state index is 13.9. The summed E-state index contributed by atoms with van der Waals surface area (Å²) in [6, 6.07) is 52.9. The molecule has 0 aliphatic carbocycles.